The largest absolute Gasteiger partial charge is 0.507 e. The van der Waals surface area contributed by atoms with Crippen molar-refractivity contribution in [1.29, 1.82) is 0 Å². The highest BCUT2D eigenvalue weighted by Crippen LogP contribution is 2.28. The number of nitro groups is 1. The molecule has 138 valence electrons. The fraction of sp³-hybridized carbons (Fsp3) is 0. The molecule has 0 spiro atoms. The van der Waals surface area contributed by atoms with Crippen LogP contribution in [0.2, 0.25) is 0 Å². The third-order valence-corrected chi connectivity index (χ3v) is 4.57. The number of benzene rings is 3. The van der Waals surface area contributed by atoms with Gasteiger partial charge in [0, 0.05) is 33.9 Å². The first-order valence-corrected chi connectivity index (χ1v) is 8.97. The van der Waals surface area contributed by atoms with Gasteiger partial charge in [-0.3, -0.25) is 15.1 Å². The summed E-state index contributed by atoms with van der Waals surface area (Å²) < 4.78 is 6.75. The van der Waals surface area contributed by atoms with E-state index in [0.29, 0.717) is 22.7 Å². The van der Waals surface area contributed by atoms with E-state index in [1.54, 1.807) is 18.2 Å². The van der Waals surface area contributed by atoms with Gasteiger partial charge in [-0.05, 0) is 48.5 Å². The van der Waals surface area contributed by atoms with Gasteiger partial charge in [0.15, 0.2) is 5.58 Å². The number of phenolic OH excluding ortho intramolecular Hbond substituents is 1. The summed E-state index contributed by atoms with van der Waals surface area (Å²) in [6.07, 6.45) is 1.37. The zero-order valence-corrected chi connectivity index (χ0v) is 15.8. The average Bonchev–Trinajstić information content (AvgIpc) is 3.11. The molecule has 1 N–H and O–H groups in total. The average molecular weight is 438 g/mol. The Morgan fingerprint density at radius 1 is 1.11 bits per heavy atom. The molecule has 8 heteroatoms. The van der Waals surface area contributed by atoms with Crippen LogP contribution in [-0.2, 0) is 0 Å². The minimum Gasteiger partial charge on any atom is -0.507 e. The Morgan fingerprint density at radius 3 is 2.64 bits per heavy atom. The van der Waals surface area contributed by atoms with Crippen LogP contribution in [0.3, 0.4) is 0 Å². The predicted molar refractivity (Wildman–Crippen MR) is 109 cm³/mol. The second kappa shape index (κ2) is 7.24. The van der Waals surface area contributed by atoms with Gasteiger partial charge in [-0.15, -0.1) is 0 Å². The molecule has 0 aliphatic carbocycles. The number of non-ortho nitro benzene ring substituents is 1. The summed E-state index contributed by atoms with van der Waals surface area (Å²) in [6, 6.07) is 16.6. The summed E-state index contributed by atoms with van der Waals surface area (Å²) in [5, 5.41) is 20.8. The van der Waals surface area contributed by atoms with E-state index in [9.17, 15) is 15.2 Å². The number of oxazole rings is 1. The molecule has 1 aromatic heterocycles. The molecule has 1 heterocycles. The van der Waals surface area contributed by atoms with E-state index in [-0.39, 0.29) is 17.0 Å². The molecule has 4 rings (SSSR count). The first kappa shape index (κ1) is 17.9. The highest BCUT2D eigenvalue weighted by molar-refractivity contribution is 9.10. The Balaban J connectivity index is 1.65. The van der Waals surface area contributed by atoms with Gasteiger partial charge in [0.1, 0.15) is 11.3 Å². The molecular weight excluding hydrogens is 426 g/mol. The van der Waals surface area contributed by atoms with Gasteiger partial charge < -0.3 is 9.52 Å². The quantitative estimate of drug-likeness (QED) is 0.253. The second-order valence-corrected chi connectivity index (χ2v) is 6.85. The van der Waals surface area contributed by atoms with Crippen molar-refractivity contribution in [3.63, 3.8) is 0 Å². The van der Waals surface area contributed by atoms with Crippen molar-refractivity contribution in [1.82, 2.24) is 4.98 Å². The van der Waals surface area contributed by atoms with Gasteiger partial charge in [0.2, 0.25) is 5.89 Å². The lowest BCUT2D eigenvalue weighted by Gasteiger charge is -1.99. The van der Waals surface area contributed by atoms with Crippen molar-refractivity contribution in [2.75, 3.05) is 0 Å². The molecule has 7 nitrogen and oxygen atoms in total. The van der Waals surface area contributed by atoms with E-state index in [2.05, 4.69) is 25.9 Å². The van der Waals surface area contributed by atoms with E-state index in [1.165, 1.54) is 24.4 Å². The highest BCUT2D eigenvalue weighted by atomic mass is 79.9. The van der Waals surface area contributed by atoms with Gasteiger partial charge in [0.25, 0.3) is 5.69 Å². The number of aromatic hydroxyl groups is 1. The molecule has 28 heavy (non-hydrogen) atoms. The smallest absolute Gasteiger partial charge is 0.270 e. The first-order chi connectivity index (χ1) is 13.5. The Kier molecular flexibility index (Phi) is 4.62. The summed E-state index contributed by atoms with van der Waals surface area (Å²) in [5.41, 5.74) is 2.82. The standard InChI is InChI=1S/C20H12BrN3O4/c21-14-3-1-12(2-4-14)20-23-17-10-15(5-8-19(17)28-20)22-11-13-9-16(24(26)27)6-7-18(13)25/h1-11,25H. The van der Waals surface area contributed by atoms with Gasteiger partial charge in [0.05, 0.1) is 10.6 Å². The van der Waals surface area contributed by atoms with Crippen molar-refractivity contribution >= 4 is 44.6 Å². The van der Waals surface area contributed by atoms with Crippen LogP contribution >= 0.6 is 15.9 Å². The van der Waals surface area contributed by atoms with Crippen LogP contribution in [-0.4, -0.2) is 21.2 Å². The molecule has 0 saturated heterocycles. The Morgan fingerprint density at radius 2 is 1.89 bits per heavy atom. The lowest BCUT2D eigenvalue weighted by Crippen LogP contribution is -1.90. The van der Waals surface area contributed by atoms with Crippen LogP contribution in [0.15, 0.2) is 74.5 Å². The number of phenols is 1. The fourth-order valence-corrected chi connectivity index (χ4v) is 2.88. The van der Waals surface area contributed by atoms with Crippen molar-refractivity contribution < 1.29 is 14.4 Å². The minimum absolute atomic E-state index is 0.0885. The van der Waals surface area contributed by atoms with Crippen molar-refractivity contribution in [3.05, 3.63) is 80.8 Å². The van der Waals surface area contributed by atoms with E-state index in [1.807, 2.05) is 24.3 Å². The maximum absolute atomic E-state index is 10.9. The summed E-state index contributed by atoms with van der Waals surface area (Å²) in [4.78, 5) is 19.1. The number of rotatable bonds is 4. The molecule has 0 aliphatic heterocycles. The fourth-order valence-electron chi connectivity index (χ4n) is 2.62. The normalized spacial score (nSPS) is 11.3. The number of halogens is 1. The maximum Gasteiger partial charge on any atom is 0.270 e. The molecule has 0 atom stereocenters. The number of hydrogen-bond acceptors (Lipinski definition) is 6. The van der Waals surface area contributed by atoms with Gasteiger partial charge in [-0.25, -0.2) is 4.98 Å². The second-order valence-electron chi connectivity index (χ2n) is 5.94. The zero-order chi connectivity index (χ0) is 19.7. The molecule has 0 unspecified atom stereocenters. The number of nitrogens with zero attached hydrogens (tertiary/aromatic N) is 3. The molecule has 4 aromatic rings. The Labute approximate surface area is 167 Å². The lowest BCUT2D eigenvalue weighted by molar-refractivity contribution is -0.384. The van der Waals surface area contributed by atoms with Crippen LogP contribution in [0.4, 0.5) is 11.4 Å². The first-order valence-electron chi connectivity index (χ1n) is 8.17. The van der Waals surface area contributed by atoms with Crippen LogP contribution in [0.5, 0.6) is 5.75 Å². The van der Waals surface area contributed by atoms with Crippen LogP contribution in [0.1, 0.15) is 5.56 Å². The number of aromatic nitrogens is 1. The molecule has 0 radical (unpaired) electrons. The molecule has 3 aromatic carbocycles. The van der Waals surface area contributed by atoms with Crippen molar-refractivity contribution in [2.24, 2.45) is 4.99 Å². The highest BCUT2D eigenvalue weighted by Gasteiger charge is 2.10. The lowest BCUT2D eigenvalue weighted by atomic mass is 10.2. The topological polar surface area (TPSA) is 102 Å². The number of fused-ring (bicyclic) bond motifs is 1. The molecule has 0 bridgehead atoms. The van der Waals surface area contributed by atoms with Crippen molar-refractivity contribution in [2.45, 2.75) is 0 Å². The third-order valence-electron chi connectivity index (χ3n) is 4.04. The zero-order valence-electron chi connectivity index (χ0n) is 14.2. The summed E-state index contributed by atoms with van der Waals surface area (Å²) in [7, 11) is 0. The maximum atomic E-state index is 10.9. The summed E-state index contributed by atoms with van der Waals surface area (Å²) >= 11 is 3.39. The molecular formula is C20H12BrN3O4. The summed E-state index contributed by atoms with van der Waals surface area (Å²) in [6.45, 7) is 0. The Hall–Kier alpha value is -3.52. The van der Waals surface area contributed by atoms with Gasteiger partial charge in [-0.1, -0.05) is 15.9 Å². The molecule has 0 aliphatic rings. The van der Waals surface area contributed by atoms with Gasteiger partial charge in [-0.2, -0.15) is 0 Å². The van der Waals surface area contributed by atoms with Gasteiger partial charge >= 0.3 is 0 Å². The van der Waals surface area contributed by atoms with Crippen LogP contribution in [0, 0.1) is 10.1 Å². The van der Waals surface area contributed by atoms with E-state index in [0.717, 1.165) is 10.0 Å². The van der Waals surface area contributed by atoms with Crippen LogP contribution < -0.4 is 0 Å². The Bertz CT molecular complexity index is 1220. The monoisotopic (exact) mass is 437 g/mol. The summed E-state index contributed by atoms with van der Waals surface area (Å²) in [5.74, 6) is 0.411. The molecule has 0 saturated carbocycles. The molecule has 0 fully saturated rings. The van der Waals surface area contributed by atoms with E-state index < -0.39 is 4.92 Å². The molecule has 0 amide bonds. The minimum atomic E-state index is -0.526. The SMILES string of the molecule is O=[N+]([O-])c1ccc(O)c(C=Nc2ccc3oc(-c4ccc(Br)cc4)nc3c2)c1. The van der Waals surface area contributed by atoms with E-state index in [4.69, 9.17) is 4.42 Å². The third kappa shape index (κ3) is 3.63. The number of aliphatic imine (C=N–C) groups is 1. The van der Waals surface area contributed by atoms with Crippen LogP contribution in [0.25, 0.3) is 22.6 Å². The number of hydrogen-bond donors (Lipinski definition) is 1. The predicted octanol–water partition coefficient (Wildman–Crippen LogP) is 5.62. The van der Waals surface area contributed by atoms with Crippen molar-refractivity contribution in [3.8, 4) is 17.2 Å². The number of nitro benzene ring substituents is 1. The van der Waals surface area contributed by atoms with E-state index >= 15 is 0 Å².